The van der Waals surface area contributed by atoms with Gasteiger partial charge in [-0.1, -0.05) is 36.4 Å². The smallest absolute Gasteiger partial charge is 0.408 e. The number of cyclic esters (lactones) is 1. The van der Waals surface area contributed by atoms with Crippen molar-refractivity contribution in [3.05, 3.63) is 65.7 Å². The predicted octanol–water partition coefficient (Wildman–Crippen LogP) is 2.26. The third kappa shape index (κ3) is 3.60. The number of amides is 2. The molecule has 2 aromatic rings. The second-order valence-corrected chi connectivity index (χ2v) is 5.42. The molecule has 0 aromatic heterocycles. The molecule has 2 N–H and O–H groups in total. The zero-order valence-corrected chi connectivity index (χ0v) is 13.4. The Bertz CT molecular complexity index is 806. The number of hydrogen-bond acceptors (Lipinski definition) is 5. The Morgan fingerprint density at radius 3 is 2.60 bits per heavy atom. The van der Waals surface area contributed by atoms with Crippen LogP contribution in [0.5, 0.6) is 0 Å². The van der Waals surface area contributed by atoms with E-state index < -0.39 is 30.1 Å². The van der Waals surface area contributed by atoms with Crippen LogP contribution in [0.15, 0.2) is 54.6 Å². The van der Waals surface area contributed by atoms with Gasteiger partial charge in [-0.05, 0) is 23.8 Å². The van der Waals surface area contributed by atoms with Crippen LogP contribution in [0, 0.1) is 0 Å². The van der Waals surface area contributed by atoms with Crippen molar-refractivity contribution in [2.45, 2.75) is 12.1 Å². The number of benzene rings is 2. The van der Waals surface area contributed by atoms with Gasteiger partial charge in [0.1, 0.15) is 0 Å². The van der Waals surface area contributed by atoms with Crippen molar-refractivity contribution in [3.8, 4) is 0 Å². The monoisotopic (exact) mass is 340 g/mol. The molecule has 0 saturated carbocycles. The minimum Gasteiger partial charge on any atom is -0.465 e. The Kier molecular flexibility index (Phi) is 4.65. The fourth-order valence-electron chi connectivity index (χ4n) is 2.59. The molecule has 128 valence electrons. The maximum atomic E-state index is 12.6. The number of alkyl carbamates (subject to hydrolysis) is 1. The summed E-state index contributed by atoms with van der Waals surface area (Å²) in [6.45, 7) is 0. The van der Waals surface area contributed by atoms with Crippen LogP contribution in [-0.4, -0.2) is 31.1 Å². The molecule has 7 nitrogen and oxygen atoms in total. The van der Waals surface area contributed by atoms with E-state index in [-0.39, 0.29) is 0 Å². The lowest BCUT2D eigenvalue weighted by atomic mass is 10.0. The second-order valence-electron chi connectivity index (χ2n) is 5.42. The summed E-state index contributed by atoms with van der Waals surface area (Å²) in [5.41, 5.74) is 1.44. The van der Waals surface area contributed by atoms with Gasteiger partial charge in [-0.25, -0.2) is 9.59 Å². The van der Waals surface area contributed by atoms with E-state index in [0.717, 1.165) is 0 Å². The van der Waals surface area contributed by atoms with E-state index in [9.17, 15) is 14.4 Å². The van der Waals surface area contributed by atoms with Gasteiger partial charge in [0.05, 0.1) is 12.7 Å². The van der Waals surface area contributed by atoms with Crippen LogP contribution >= 0.6 is 0 Å². The third-order valence-corrected chi connectivity index (χ3v) is 3.77. The number of anilines is 1. The SMILES string of the molecule is COC(=O)c1cccc(NC(=O)C2NC(=O)OC2c2ccccc2)c1. The number of nitrogens with one attached hydrogen (secondary N) is 2. The average molecular weight is 340 g/mol. The summed E-state index contributed by atoms with van der Waals surface area (Å²) in [7, 11) is 1.28. The normalized spacial score (nSPS) is 18.8. The van der Waals surface area contributed by atoms with Gasteiger partial charge in [0.25, 0.3) is 5.91 Å². The number of carbonyl (C=O) groups excluding carboxylic acids is 3. The summed E-state index contributed by atoms with van der Waals surface area (Å²) in [6, 6.07) is 14.5. The van der Waals surface area contributed by atoms with Crippen molar-refractivity contribution in [2.75, 3.05) is 12.4 Å². The van der Waals surface area contributed by atoms with E-state index in [2.05, 4.69) is 15.4 Å². The molecule has 0 spiro atoms. The van der Waals surface area contributed by atoms with E-state index in [4.69, 9.17) is 4.74 Å². The Morgan fingerprint density at radius 1 is 1.12 bits per heavy atom. The van der Waals surface area contributed by atoms with Crippen molar-refractivity contribution in [1.82, 2.24) is 5.32 Å². The maximum absolute atomic E-state index is 12.6. The number of rotatable bonds is 4. The summed E-state index contributed by atoms with van der Waals surface area (Å²) in [4.78, 5) is 35.8. The van der Waals surface area contributed by atoms with E-state index in [0.29, 0.717) is 16.8 Å². The van der Waals surface area contributed by atoms with Crippen molar-refractivity contribution in [2.24, 2.45) is 0 Å². The van der Waals surface area contributed by atoms with Crippen LogP contribution in [0.1, 0.15) is 22.0 Å². The van der Waals surface area contributed by atoms with Crippen LogP contribution < -0.4 is 10.6 Å². The standard InChI is InChI=1S/C18H16N2O5/c1-24-17(22)12-8-5-9-13(10-12)19-16(21)14-15(25-18(23)20-14)11-6-3-2-4-7-11/h2-10,14-15H,1H3,(H,19,21)(H,20,23). The molecule has 1 aliphatic heterocycles. The molecule has 2 amide bonds. The highest BCUT2D eigenvalue weighted by molar-refractivity contribution is 5.99. The lowest BCUT2D eigenvalue weighted by Gasteiger charge is -2.17. The van der Waals surface area contributed by atoms with E-state index >= 15 is 0 Å². The summed E-state index contributed by atoms with van der Waals surface area (Å²) < 4.78 is 9.87. The van der Waals surface area contributed by atoms with E-state index in [1.807, 2.05) is 6.07 Å². The zero-order chi connectivity index (χ0) is 17.8. The highest BCUT2D eigenvalue weighted by Crippen LogP contribution is 2.27. The Labute approximate surface area is 143 Å². The van der Waals surface area contributed by atoms with Crippen molar-refractivity contribution in [3.63, 3.8) is 0 Å². The average Bonchev–Trinajstić information content (AvgIpc) is 3.04. The van der Waals surface area contributed by atoms with Crippen LogP contribution in [-0.2, 0) is 14.3 Å². The van der Waals surface area contributed by atoms with Crippen molar-refractivity contribution in [1.29, 1.82) is 0 Å². The molecule has 3 rings (SSSR count). The topological polar surface area (TPSA) is 93.7 Å². The molecule has 0 bridgehead atoms. The number of hydrogen-bond donors (Lipinski definition) is 2. The van der Waals surface area contributed by atoms with Crippen LogP contribution in [0.4, 0.5) is 10.5 Å². The lowest BCUT2D eigenvalue weighted by Crippen LogP contribution is -2.40. The fourth-order valence-corrected chi connectivity index (χ4v) is 2.59. The first-order valence-corrected chi connectivity index (χ1v) is 7.60. The molecule has 1 heterocycles. The zero-order valence-electron chi connectivity index (χ0n) is 13.4. The van der Waals surface area contributed by atoms with Crippen LogP contribution in [0.25, 0.3) is 0 Å². The van der Waals surface area contributed by atoms with Gasteiger partial charge in [0, 0.05) is 5.69 Å². The highest BCUT2D eigenvalue weighted by atomic mass is 16.6. The van der Waals surface area contributed by atoms with Gasteiger partial charge in [-0.2, -0.15) is 0 Å². The molecule has 2 unspecified atom stereocenters. The third-order valence-electron chi connectivity index (χ3n) is 3.77. The maximum Gasteiger partial charge on any atom is 0.408 e. The molecule has 1 fully saturated rings. The van der Waals surface area contributed by atoms with E-state index in [1.165, 1.54) is 13.2 Å². The number of esters is 1. The first-order chi connectivity index (χ1) is 12.1. The number of methoxy groups -OCH3 is 1. The summed E-state index contributed by atoms with van der Waals surface area (Å²) in [6.07, 6.45) is -1.38. The quantitative estimate of drug-likeness (QED) is 0.833. The Morgan fingerprint density at radius 2 is 1.88 bits per heavy atom. The number of ether oxygens (including phenoxy) is 2. The van der Waals surface area contributed by atoms with Gasteiger partial charge in [-0.3, -0.25) is 4.79 Å². The summed E-state index contributed by atoms with van der Waals surface area (Å²) >= 11 is 0. The molecule has 2 atom stereocenters. The molecule has 1 aliphatic rings. The summed E-state index contributed by atoms with van der Waals surface area (Å²) in [5.74, 6) is -0.947. The molecular weight excluding hydrogens is 324 g/mol. The molecule has 0 radical (unpaired) electrons. The molecule has 1 saturated heterocycles. The Hall–Kier alpha value is -3.35. The second kappa shape index (κ2) is 7.04. The van der Waals surface area contributed by atoms with E-state index in [1.54, 1.807) is 42.5 Å². The van der Waals surface area contributed by atoms with Gasteiger partial charge in [0.15, 0.2) is 12.1 Å². The highest BCUT2D eigenvalue weighted by Gasteiger charge is 2.40. The Balaban J connectivity index is 1.78. The minimum absolute atomic E-state index is 0.312. The van der Waals surface area contributed by atoms with Gasteiger partial charge < -0.3 is 20.1 Å². The predicted molar refractivity (Wildman–Crippen MR) is 89.0 cm³/mol. The van der Waals surface area contributed by atoms with Gasteiger partial charge in [-0.15, -0.1) is 0 Å². The first-order valence-electron chi connectivity index (χ1n) is 7.60. The first kappa shape index (κ1) is 16.5. The number of carbonyl (C=O) groups is 3. The molecule has 7 heteroatoms. The van der Waals surface area contributed by atoms with Crippen molar-refractivity contribution < 1.29 is 23.9 Å². The molecule has 25 heavy (non-hydrogen) atoms. The fraction of sp³-hybridized carbons (Fsp3) is 0.167. The van der Waals surface area contributed by atoms with Crippen LogP contribution in [0.3, 0.4) is 0 Å². The van der Waals surface area contributed by atoms with Crippen molar-refractivity contribution >= 4 is 23.7 Å². The van der Waals surface area contributed by atoms with Gasteiger partial charge in [0.2, 0.25) is 0 Å². The lowest BCUT2D eigenvalue weighted by molar-refractivity contribution is -0.119. The molecule has 0 aliphatic carbocycles. The largest absolute Gasteiger partial charge is 0.465 e. The molecular formula is C18H16N2O5. The minimum atomic E-state index is -0.878. The molecule has 2 aromatic carbocycles. The van der Waals surface area contributed by atoms with Gasteiger partial charge >= 0.3 is 12.1 Å². The summed E-state index contributed by atoms with van der Waals surface area (Å²) in [5, 5.41) is 5.19. The van der Waals surface area contributed by atoms with Crippen LogP contribution in [0.2, 0.25) is 0 Å².